The Labute approximate surface area is 203 Å². The molecule has 4 aromatic rings. The molecule has 176 valence electrons. The Balaban J connectivity index is 1.35. The molecule has 1 aliphatic rings. The van der Waals surface area contributed by atoms with Crippen molar-refractivity contribution in [3.63, 3.8) is 0 Å². The van der Waals surface area contributed by atoms with Crippen LogP contribution in [-0.2, 0) is 6.42 Å². The Morgan fingerprint density at radius 3 is 2.71 bits per heavy atom. The fourth-order valence-corrected chi connectivity index (χ4v) is 4.67. The van der Waals surface area contributed by atoms with Crippen molar-refractivity contribution in [1.29, 1.82) is 0 Å². The first-order chi connectivity index (χ1) is 17.0. The van der Waals surface area contributed by atoms with Crippen molar-refractivity contribution in [1.82, 2.24) is 9.55 Å². The van der Waals surface area contributed by atoms with Gasteiger partial charge in [0.2, 0.25) is 0 Å². The number of aromatic nitrogens is 2. The molecule has 0 aliphatic carbocycles. The Bertz CT molecular complexity index is 1470. The molecule has 0 radical (unpaired) electrons. The van der Waals surface area contributed by atoms with Crippen LogP contribution in [0.1, 0.15) is 15.9 Å². The number of hydrogen-bond acceptors (Lipinski definition) is 6. The van der Waals surface area contributed by atoms with E-state index in [2.05, 4.69) is 10.3 Å². The summed E-state index contributed by atoms with van der Waals surface area (Å²) in [7, 11) is 0. The number of nitrogens with zero attached hydrogens (tertiary/aromatic N) is 2. The summed E-state index contributed by atoms with van der Waals surface area (Å²) in [5.74, 6) is 0.579. The van der Waals surface area contributed by atoms with Crippen LogP contribution in [0.3, 0.4) is 0 Å². The number of ether oxygens (including phenoxy) is 1. The number of nitrogens with one attached hydrogen (secondary N) is 1. The Hall–Kier alpha value is -3.98. The zero-order chi connectivity index (χ0) is 24.4. The molecular weight excluding hydrogens is 472 g/mol. The van der Waals surface area contributed by atoms with Gasteiger partial charge in [-0.3, -0.25) is 14.2 Å². The van der Waals surface area contributed by atoms with Gasteiger partial charge in [-0.25, -0.2) is 13.8 Å². The number of rotatable bonds is 6. The van der Waals surface area contributed by atoms with Gasteiger partial charge in [0, 0.05) is 42.9 Å². The van der Waals surface area contributed by atoms with Gasteiger partial charge in [-0.1, -0.05) is 6.07 Å². The molecule has 0 fully saturated rings. The van der Waals surface area contributed by atoms with Crippen molar-refractivity contribution in [3.8, 4) is 17.2 Å². The van der Waals surface area contributed by atoms with Crippen molar-refractivity contribution in [3.05, 3.63) is 106 Å². The molecule has 0 atom stereocenters. The number of carbonyl (C=O) groups excluding carboxylic acids is 1. The van der Waals surface area contributed by atoms with Gasteiger partial charge in [-0.2, -0.15) is 0 Å². The van der Waals surface area contributed by atoms with Gasteiger partial charge in [-0.05, 0) is 54.1 Å². The molecule has 0 spiro atoms. The molecular formula is C26H19F2N3O3S. The van der Waals surface area contributed by atoms with E-state index in [4.69, 9.17) is 4.74 Å². The number of halogens is 2. The van der Waals surface area contributed by atoms with Crippen molar-refractivity contribution < 1.29 is 18.3 Å². The highest BCUT2D eigenvalue weighted by molar-refractivity contribution is 7.99. The molecule has 0 saturated heterocycles. The number of Topliss-reactive ketones (excluding diaryl/α,β-unsaturated/α-hetero) is 1. The summed E-state index contributed by atoms with van der Waals surface area (Å²) < 4.78 is 35.1. The fourth-order valence-electron chi connectivity index (χ4n) is 3.75. The fraction of sp³-hybridized carbons (Fsp3) is 0.115. The van der Waals surface area contributed by atoms with Crippen LogP contribution in [0, 0.1) is 11.6 Å². The molecule has 5 rings (SSSR count). The monoisotopic (exact) mass is 491 g/mol. The van der Waals surface area contributed by atoms with E-state index < -0.39 is 23.0 Å². The average molecular weight is 492 g/mol. The Kier molecular flexibility index (Phi) is 6.33. The van der Waals surface area contributed by atoms with E-state index in [-0.39, 0.29) is 17.7 Å². The predicted molar refractivity (Wildman–Crippen MR) is 130 cm³/mol. The third-order valence-electron chi connectivity index (χ3n) is 5.44. The molecule has 35 heavy (non-hydrogen) atoms. The quantitative estimate of drug-likeness (QED) is 0.372. The maximum Gasteiger partial charge on any atom is 0.265 e. The van der Waals surface area contributed by atoms with Crippen LogP contribution in [0.15, 0.2) is 82.7 Å². The van der Waals surface area contributed by atoms with E-state index in [0.29, 0.717) is 22.8 Å². The molecule has 2 aromatic heterocycles. The van der Waals surface area contributed by atoms with E-state index in [1.165, 1.54) is 53.2 Å². The van der Waals surface area contributed by atoms with Gasteiger partial charge in [0.05, 0.1) is 10.5 Å². The van der Waals surface area contributed by atoms with Crippen molar-refractivity contribution in [2.45, 2.75) is 11.3 Å². The minimum absolute atomic E-state index is 0.0270. The minimum Gasteiger partial charge on any atom is -0.453 e. The number of pyridine rings is 2. The lowest BCUT2D eigenvalue weighted by Gasteiger charge is -2.19. The van der Waals surface area contributed by atoms with Gasteiger partial charge in [0.1, 0.15) is 17.4 Å². The van der Waals surface area contributed by atoms with E-state index in [9.17, 15) is 18.4 Å². The standard InChI is InChI=1S/C26H19F2N3O3S/c27-17-4-6-18(7-5-17)31-12-1-2-19(26(31)33)21(32)15-16-3-8-22(20(28)14-16)34-23-9-10-29-25-24(23)35-13-11-30-25/h1-10,12,14H,11,13,15H2,(H,29,30). The maximum atomic E-state index is 14.8. The van der Waals surface area contributed by atoms with Crippen LogP contribution in [0.5, 0.6) is 11.5 Å². The van der Waals surface area contributed by atoms with Crippen LogP contribution in [0.25, 0.3) is 5.69 Å². The predicted octanol–water partition coefficient (Wildman–Crippen LogP) is 5.25. The molecule has 0 amide bonds. The summed E-state index contributed by atoms with van der Waals surface area (Å²) in [6, 6.07) is 14.3. The summed E-state index contributed by atoms with van der Waals surface area (Å²) in [4.78, 5) is 30.8. The van der Waals surface area contributed by atoms with E-state index in [1.807, 2.05) is 0 Å². The van der Waals surface area contributed by atoms with Crippen molar-refractivity contribution >= 4 is 23.4 Å². The highest BCUT2D eigenvalue weighted by atomic mass is 32.2. The second kappa shape index (κ2) is 9.71. The van der Waals surface area contributed by atoms with Crippen LogP contribution in [-0.4, -0.2) is 27.6 Å². The first-order valence-corrected chi connectivity index (χ1v) is 11.8. The minimum atomic E-state index is -0.619. The lowest BCUT2D eigenvalue weighted by molar-refractivity contribution is 0.0991. The van der Waals surface area contributed by atoms with E-state index >= 15 is 0 Å². The van der Waals surface area contributed by atoms with E-state index in [1.54, 1.807) is 36.2 Å². The number of carbonyl (C=O) groups is 1. The second-order valence-electron chi connectivity index (χ2n) is 7.80. The SMILES string of the molecule is O=C(Cc1ccc(Oc2ccnc3c2SCCN3)c(F)c1)c1cccn(-c2ccc(F)cc2)c1=O. The van der Waals surface area contributed by atoms with Crippen LogP contribution in [0.2, 0.25) is 0 Å². The summed E-state index contributed by atoms with van der Waals surface area (Å²) in [6.45, 7) is 0.793. The molecule has 2 aromatic carbocycles. The molecule has 1 N–H and O–H groups in total. The average Bonchev–Trinajstić information content (AvgIpc) is 2.86. The lowest BCUT2D eigenvalue weighted by atomic mass is 10.0. The van der Waals surface area contributed by atoms with Crippen LogP contribution < -0.4 is 15.6 Å². The number of ketones is 1. The zero-order valence-electron chi connectivity index (χ0n) is 18.3. The number of hydrogen-bond donors (Lipinski definition) is 1. The number of fused-ring (bicyclic) bond motifs is 1. The molecule has 0 saturated carbocycles. The van der Waals surface area contributed by atoms with Gasteiger partial charge in [0.15, 0.2) is 17.3 Å². The molecule has 0 bridgehead atoms. The summed E-state index contributed by atoms with van der Waals surface area (Å²) in [5, 5.41) is 3.18. The molecule has 3 heterocycles. The van der Waals surface area contributed by atoms with Gasteiger partial charge in [0.25, 0.3) is 5.56 Å². The first kappa shape index (κ1) is 22.8. The van der Waals surface area contributed by atoms with Gasteiger partial charge in [-0.15, -0.1) is 11.8 Å². The Morgan fingerprint density at radius 2 is 1.91 bits per heavy atom. The summed E-state index contributed by atoms with van der Waals surface area (Å²) >= 11 is 1.58. The second-order valence-corrected chi connectivity index (χ2v) is 8.91. The molecule has 1 aliphatic heterocycles. The number of anilines is 1. The normalized spacial score (nSPS) is 12.5. The topological polar surface area (TPSA) is 73.2 Å². The molecule has 6 nitrogen and oxygen atoms in total. The third-order valence-corrected chi connectivity index (χ3v) is 6.53. The summed E-state index contributed by atoms with van der Waals surface area (Å²) in [6.07, 6.45) is 2.94. The van der Waals surface area contributed by atoms with Gasteiger partial charge < -0.3 is 10.1 Å². The Morgan fingerprint density at radius 1 is 1.09 bits per heavy atom. The highest BCUT2D eigenvalue weighted by Crippen LogP contribution is 2.39. The summed E-state index contributed by atoms with van der Waals surface area (Å²) in [5.41, 5.74) is 0.276. The zero-order valence-corrected chi connectivity index (χ0v) is 19.1. The molecule has 9 heteroatoms. The van der Waals surface area contributed by atoms with Crippen molar-refractivity contribution in [2.24, 2.45) is 0 Å². The van der Waals surface area contributed by atoms with Crippen molar-refractivity contribution in [2.75, 3.05) is 17.6 Å². The number of benzene rings is 2. The largest absolute Gasteiger partial charge is 0.453 e. The van der Waals surface area contributed by atoms with Crippen LogP contribution in [0.4, 0.5) is 14.6 Å². The number of thioether (sulfide) groups is 1. The third kappa shape index (κ3) is 4.81. The van der Waals surface area contributed by atoms with Gasteiger partial charge >= 0.3 is 0 Å². The van der Waals surface area contributed by atoms with E-state index in [0.717, 1.165) is 17.2 Å². The smallest absolute Gasteiger partial charge is 0.265 e. The molecule has 0 unspecified atom stereocenters. The highest BCUT2D eigenvalue weighted by Gasteiger charge is 2.19. The van der Waals surface area contributed by atoms with Crippen LogP contribution >= 0.6 is 11.8 Å². The lowest BCUT2D eigenvalue weighted by Crippen LogP contribution is -2.25. The first-order valence-electron chi connectivity index (χ1n) is 10.8. The maximum absolute atomic E-state index is 14.8.